The van der Waals surface area contributed by atoms with Gasteiger partial charge in [-0.3, -0.25) is 4.79 Å². The molecular formula is C16H16F2N2O2. The summed E-state index contributed by atoms with van der Waals surface area (Å²) in [5.41, 5.74) is 1.04. The standard InChI is InChI=1S/C16H16F2N2O2/c1-9-14(10(2)22-19-9)13-7-4-8-20(13)16(21)15-11(17)5-3-6-12(15)18/h3,5-6,13H,4,7-8H2,1-2H3/t13-/m0/s1. The van der Waals surface area contributed by atoms with Gasteiger partial charge in [-0.15, -0.1) is 0 Å². The second-order valence-corrected chi connectivity index (χ2v) is 5.49. The molecule has 0 bridgehead atoms. The van der Waals surface area contributed by atoms with Gasteiger partial charge >= 0.3 is 0 Å². The van der Waals surface area contributed by atoms with E-state index in [9.17, 15) is 13.6 Å². The number of carbonyl (C=O) groups is 1. The maximum atomic E-state index is 13.9. The van der Waals surface area contributed by atoms with E-state index < -0.39 is 23.1 Å². The molecule has 2 aromatic rings. The number of aromatic nitrogens is 1. The van der Waals surface area contributed by atoms with E-state index in [-0.39, 0.29) is 6.04 Å². The second kappa shape index (κ2) is 5.51. The molecule has 0 unspecified atom stereocenters. The van der Waals surface area contributed by atoms with Crippen molar-refractivity contribution in [3.8, 4) is 0 Å². The summed E-state index contributed by atoms with van der Waals surface area (Å²) < 4.78 is 32.9. The van der Waals surface area contributed by atoms with Gasteiger partial charge < -0.3 is 9.42 Å². The number of carbonyl (C=O) groups excluding carboxylic acids is 1. The Balaban J connectivity index is 1.99. The lowest BCUT2D eigenvalue weighted by atomic mass is 10.0. The number of hydrogen-bond acceptors (Lipinski definition) is 3. The molecule has 2 heterocycles. The van der Waals surface area contributed by atoms with Crippen LogP contribution in [0.5, 0.6) is 0 Å². The SMILES string of the molecule is Cc1noc(C)c1[C@@H]1CCCN1C(=O)c1c(F)cccc1F. The number of aryl methyl sites for hydroxylation is 2. The van der Waals surface area contributed by atoms with E-state index in [1.165, 1.54) is 11.0 Å². The molecule has 1 aromatic heterocycles. The van der Waals surface area contributed by atoms with Crippen molar-refractivity contribution in [2.45, 2.75) is 32.7 Å². The molecule has 3 rings (SSSR count). The molecule has 1 amide bonds. The third kappa shape index (κ3) is 2.28. The molecule has 1 aliphatic rings. The maximum Gasteiger partial charge on any atom is 0.260 e. The molecule has 0 saturated carbocycles. The number of nitrogens with zero attached hydrogens (tertiary/aromatic N) is 2. The molecule has 1 saturated heterocycles. The van der Waals surface area contributed by atoms with Crippen LogP contribution in [0.25, 0.3) is 0 Å². The van der Waals surface area contributed by atoms with Crippen LogP contribution in [0.1, 0.15) is 46.3 Å². The molecule has 0 spiro atoms. The number of benzene rings is 1. The first-order valence-electron chi connectivity index (χ1n) is 7.18. The number of rotatable bonds is 2. The van der Waals surface area contributed by atoms with Crippen molar-refractivity contribution in [1.29, 1.82) is 0 Å². The third-order valence-corrected chi connectivity index (χ3v) is 4.11. The van der Waals surface area contributed by atoms with Gasteiger partial charge in [-0.25, -0.2) is 8.78 Å². The summed E-state index contributed by atoms with van der Waals surface area (Å²) in [5.74, 6) is -1.67. The van der Waals surface area contributed by atoms with E-state index in [1.807, 2.05) is 0 Å². The Bertz CT molecular complexity index is 687. The van der Waals surface area contributed by atoms with Crippen LogP contribution in [0, 0.1) is 25.5 Å². The average Bonchev–Trinajstić information content (AvgIpc) is 3.05. The monoisotopic (exact) mass is 306 g/mol. The zero-order chi connectivity index (χ0) is 15.9. The lowest BCUT2D eigenvalue weighted by molar-refractivity contribution is 0.0724. The summed E-state index contributed by atoms with van der Waals surface area (Å²) in [4.78, 5) is 14.1. The van der Waals surface area contributed by atoms with Crippen LogP contribution >= 0.6 is 0 Å². The Morgan fingerprint density at radius 2 is 2.00 bits per heavy atom. The van der Waals surface area contributed by atoms with Crippen molar-refractivity contribution < 1.29 is 18.1 Å². The zero-order valence-corrected chi connectivity index (χ0v) is 12.4. The molecule has 1 fully saturated rings. The van der Waals surface area contributed by atoms with Gasteiger partial charge in [0.2, 0.25) is 0 Å². The Morgan fingerprint density at radius 1 is 1.32 bits per heavy atom. The first-order valence-corrected chi connectivity index (χ1v) is 7.18. The van der Waals surface area contributed by atoms with Gasteiger partial charge in [-0.05, 0) is 38.8 Å². The first kappa shape index (κ1) is 14.7. The van der Waals surface area contributed by atoms with Crippen LogP contribution in [-0.2, 0) is 0 Å². The third-order valence-electron chi connectivity index (χ3n) is 4.11. The number of likely N-dealkylation sites (tertiary alicyclic amines) is 1. The number of hydrogen-bond donors (Lipinski definition) is 0. The van der Waals surface area contributed by atoms with Gasteiger partial charge in [0.25, 0.3) is 5.91 Å². The summed E-state index contributed by atoms with van der Waals surface area (Å²) in [7, 11) is 0. The minimum atomic E-state index is -0.839. The fourth-order valence-electron chi connectivity index (χ4n) is 3.12. The van der Waals surface area contributed by atoms with Crippen LogP contribution in [0.4, 0.5) is 8.78 Å². The number of amides is 1. The Kier molecular flexibility index (Phi) is 3.68. The lowest BCUT2D eigenvalue weighted by Crippen LogP contribution is -2.32. The lowest BCUT2D eigenvalue weighted by Gasteiger charge is -2.25. The van der Waals surface area contributed by atoms with Crippen molar-refractivity contribution in [1.82, 2.24) is 10.1 Å². The van der Waals surface area contributed by atoms with Crippen molar-refractivity contribution in [3.05, 3.63) is 52.4 Å². The highest BCUT2D eigenvalue weighted by Crippen LogP contribution is 2.36. The van der Waals surface area contributed by atoms with Gasteiger partial charge in [0.1, 0.15) is 23.0 Å². The zero-order valence-electron chi connectivity index (χ0n) is 12.4. The molecule has 116 valence electrons. The van der Waals surface area contributed by atoms with Crippen molar-refractivity contribution in [2.24, 2.45) is 0 Å². The van der Waals surface area contributed by atoms with Crippen LogP contribution < -0.4 is 0 Å². The smallest absolute Gasteiger partial charge is 0.260 e. The Labute approximate surface area is 126 Å². The van der Waals surface area contributed by atoms with Crippen LogP contribution in [0.15, 0.2) is 22.7 Å². The van der Waals surface area contributed by atoms with Gasteiger partial charge in [-0.1, -0.05) is 11.2 Å². The van der Waals surface area contributed by atoms with Crippen LogP contribution in [0.3, 0.4) is 0 Å². The summed E-state index contributed by atoms with van der Waals surface area (Å²) in [6.07, 6.45) is 1.50. The second-order valence-electron chi connectivity index (χ2n) is 5.49. The molecule has 6 heteroatoms. The molecule has 0 aliphatic carbocycles. The minimum absolute atomic E-state index is 0.252. The molecule has 0 N–H and O–H groups in total. The van der Waals surface area contributed by atoms with E-state index in [2.05, 4.69) is 5.16 Å². The van der Waals surface area contributed by atoms with E-state index in [0.717, 1.165) is 30.5 Å². The number of halogens is 2. The summed E-state index contributed by atoms with van der Waals surface area (Å²) in [6, 6.07) is 3.18. The van der Waals surface area contributed by atoms with E-state index in [4.69, 9.17) is 4.52 Å². The average molecular weight is 306 g/mol. The Morgan fingerprint density at radius 3 is 2.59 bits per heavy atom. The van der Waals surface area contributed by atoms with Crippen molar-refractivity contribution in [2.75, 3.05) is 6.54 Å². The predicted octanol–water partition coefficient (Wildman–Crippen LogP) is 3.55. The van der Waals surface area contributed by atoms with E-state index >= 15 is 0 Å². The topological polar surface area (TPSA) is 46.3 Å². The highest BCUT2D eigenvalue weighted by Gasteiger charge is 2.36. The minimum Gasteiger partial charge on any atom is -0.361 e. The molecule has 1 aromatic carbocycles. The van der Waals surface area contributed by atoms with Gasteiger partial charge in [0, 0.05) is 12.1 Å². The largest absolute Gasteiger partial charge is 0.361 e. The Hall–Kier alpha value is -2.24. The van der Waals surface area contributed by atoms with Crippen LogP contribution in [0.2, 0.25) is 0 Å². The molecule has 0 radical (unpaired) electrons. The highest BCUT2D eigenvalue weighted by atomic mass is 19.1. The summed E-state index contributed by atoms with van der Waals surface area (Å²) in [6.45, 7) is 4.04. The van der Waals surface area contributed by atoms with Crippen molar-refractivity contribution >= 4 is 5.91 Å². The van der Waals surface area contributed by atoms with E-state index in [1.54, 1.807) is 13.8 Å². The summed E-state index contributed by atoms with van der Waals surface area (Å²) in [5, 5.41) is 3.90. The molecule has 1 aliphatic heterocycles. The normalized spacial score (nSPS) is 18.0. The maximum absolute atomic E-state index is 13.9. The first-order chi connectivity index (χ1) is 10.5. The fraction of sp³-hybridized carbons (Fsp3) is 0.375. The van der Waals surface area contributed by atoms with Gasteiger partial charge in [0.15, 0.2) is 0 Å². The molecular weight excluding hydrogens is 290 g/mol. The van der Waals surface area contributed by atoms with Crippen molar-refractivity contribution in [3.63, 3.8) is 0 Å². The van der Waals surface area contributed by atoms with Gasteiger partial charge in [0.05, 0.1) is 11.7 Å². The van der Waals surface area contributed by atoms with E-state index in [0.29, 0.717) is 18.0 Å². The molecule has 22 heavy (non-hydrogen) atoms. The quantitative estimate of drug-likeness (QED) is 0.852. The van der Waals surface area contributed by atoms with Crippen LogP contribution in [-0.4, -0.2) is 22.5 Å². The highest BCUT2D eigenvalue weighted by molar-refractivity contribution is 5.95. The van der Waals surface area contributed by atoms with Gasteiger partial charge in [-0.2, -0.15) is 0 Å². The summed E-state index contributed by atoms with van der Waals surface area (Å²) >= 11 is 0. The molecule has 1 atom stereocenters. The molecule has 4 nitrogen and oxygen atoms in total. The predicted molar refractivity (Wildman–Crippen MR) is 75.3 cm³/mol. The fourth-order valence-corrected chi connectivity index (χ4v) is 3.12.